The molecular weight excluding hydrogens is 577 g/mol. The smallest absolute Gasteiger partial charge is 0.381 e. The first-order valence-electron chi connectivity index (χ1n) is 15.7. The molecule has 2 saturated carbocycles. The lowest BCUT2D eigenvalue weighted by atomic mass is 9.85. The first kappa shape index (κ1) is 29.2. The Bertz CT molecular complexity index is 1530. The molecule has 3 aromatic rings. The van der Waals surface area contributed by atoms with Crippen molar-refractivity contribution in [1.29, 1.82) is 0 Å². The number of nitrogens with zero attached hydrogens (tertiary/aromatic N) is 6. The number of alkyl halides is 3. The SMILES string of the molecule is CCn1nccc1C(=O)N[C@H](c1cn2nc(C[C@H]3C[C@@H](C(F)(F)F)CNC3=O)c([C@@H]3CCOC3)nc2n1)C(C1CC1)C1CC1. The Morgan fingerprint density at radius 2 is 1.95 bits per heavy atom. The molecule has 2 amide bonds. The quantitative estimate of drug-likeness (QED) is 0.357. The highest BCUT2D eigenvalue weighted by Crippen LogP contribution is 2.54. The summed E-state index contributed by atoms with van der Waals surface area (Å²) in [6.07, 6.45) is 3.90. The standard InChI is InChI=1S/C30H37F3N8O3/c1-2-40-23(7-9-35-40)28(43)37-26(24(16-3-4-16)17-5-6-17)22-14-41-29(36-22)38-25(18-8-10-44-15-18)21(39-41)12-19-11-20(30(31,32)33)13-34-27(19)42/h7,9,14,16-20,24,26H,2-6,8,10-13,15H2,1H3,(H,34,42)(H,37,43)/t18-,19-,20-,26-/m1/s1. The van der Waals surface area contributed by atoms with Gasteiger partial charge in [0.15, 0.2) is 0 Å². The summed E-state index contributed by atoms with van der Waals surface area (Å²) in [7, 11) is 0. The predicted molar refractivity (Wildman–Crippen MR) is 150 cm³/mol. The molecule has 3 aromatic heterocycles. The number of nitrogens with one attached hydrogen (secondary N) is 2. The Hall–Kier alpha value is -3.55. The Balaban J connectivity index is 1.24. The molecule has 2 saturated heterocycles. The number of hydrogen-bond donors (Lipinski definition) is 2. The lowest BCUT2D eigenvalue weighted by molar-refractivity contribution is -0.183. The summed E-state index contributed by atoms with van der Waals surface area (Å²) >= 11 is 0. The van der Waals surface area contributed by atoms with Crippen LogP contribution in [0.2, 0.25) is 0 Å². The normalized spacial score (nSPS) is 25.0. The van der Waals surface area contributed by atoms with Crippen LogP contribution in [0.5, 0.6) is 0 Å². The fourth-order valence-corrected chi connectivity index (χ4v) is 7.07. The van der Waals surface area contributed by atoms with Gasteiger partial charge in [0.1, 0.15) is 5.69 Å². The van der Waals surface area contributed by atoms with Crippen molar-refractivity contribution >= 4 is 17.6 Å². The number of carbonyl (C=O) groups is 2. The lowest BCUT2D eigenvalue weighted by Gasteiger charge is -2.30. The number of piperidine rings is 1. The molecule has 4 atom stereocenters. The van der Waals surface area contributed by atoms with Gasteiger partial charge in [-0.2, -0.15) is 23.4 Å². The van der Waals surface area contributed by atoms with E-state index < -0.39 is 30.5 Å². The molecule has 0 spiro atoms. The van der Waals surface area contributed by atoms with Gasteiger partial charge in [0.2, 0.25) is 5.91 Å². The van der Waals surface area contributed by atoms with Crippen molar-refractivity contribution in [2.75, 3.05) is 19.8 Å². The van der Waals surface area contributed by atoms with Crippen LogP contribution in [-0.2, 0) is 22.5 Å². The minimum atomic E-state index is -4.39. The number of fused-ring (bicyclic) bond motifs is 1. The van der Waals surface area contributed by atoms with Crippen LogP contribution >= 0.6 is 0 Å². The summed E-state index contributed by atoms with van der Waals surface area (Å²) in [4.78, 5) is 36.0. The molecule has 236 valence electrons. The fraction of sp³-hybridized carbons (Fsp3) is 0.667. The molecule has 0 aromatic carbocycles. The molecule has 14 heteroatoms. The van der Waals surface area contributed by atoms with Crippen molar-refractivity contribution in [1.82, 2.24) is 40.0 Å². The van der Waals surface area contributed by atoms with Crippen LogP contribution in [0.15, 0.2) is 18.5 Å². The van der Waals surface area contributed by atoms with Crippen LogP contribution < -0.4 is 10.6 Å². The van der Waals surface area contributed by atoms with Crippen molar-refractivity contribution < 1.29 is 27.5 Å². The van der Waals surface area contributed by atoms with E-state index in [4.69, 9.17) is 19.8 Å². The number of amides is 2. The highest BCUT2D eigenvalue weighted by molar-refractivity contribution is 5.92. The van der Waals surface area contributed by atoms with Gasteiger partial charge in [-0.15, -0.1) is 0 Å². The molecule has 4 aliphatic rings. The van der Waals surface area contributed by atoms with Gasteiger partial charge in [-0.05, 0) is 69.3 Å². The van der Waals surface area contributed by atoms with Crippen molar-refractivity contribution in [2.24, 2.45) is 29.6 Å². The van der Waals surface area contributed by atoms with E-state index in [1.54, 1.807) is 27.7 Å². The Labute approximate surface area is 252 Å². The number of aryl methyl sites for hydroxylation is 1. The summed E-state index contributed by atoms with van der Waals surface area (Å²) in [5.41, 5.74) is 2.23. The van der Waals surface area contributed by atoms with Gasteiger partial charge in [0.25, 0.3) is 11.7 Å². The Morgan fingerprint density at radius 3 is 2.61 bits per heavy atom. The maximum Gasteiger partial charge on any atom is 0.393 e. The molecule has 0 bridgehead atoms. The van der Waals surface area contributed by atoms with Gasteiger partial charge < -0.3 is 15.4 Å². The largest absolute Gasteiger partial charge is 0.393 e. The Kier molecular flexibility index (Phi) is 7.58. The second-order valence-corrected chi connectivity index (χ2v) is 12.8. The minimum absolute atomic E-state index is 0.0364. The molecule has 0 radical (unpaired) electrons. The van der Waals surface area contributed by atoms with Crippen molar-refractivity contribution in [3.05, 3.63) is 41.2 Å². The zero-order valence-electron chi connectivity index (χ0n) is 24.6. The first-order valence-corrected chi connectivity index (χ1v) is 15.7. The van der Waals surface area contributed by atoms with Crippen molar-refractivity contribution in [2.45, 2.75) is 76.6 Å². The number of rotatable bonds is 10. The van der Waals surface area contributed by atoms with E-state index in [-0.39, 0.29) is 36.6 Å². The molecule has 4 fully saturated rings. The van der Waals surface area contributed by atoms with E-state index in [1.165, 1.54) is 0 Å². The van der Waals surface area contributed by atoms with Crippen LogP contribution in [0, 0.1) is 29.6 Å². The third-order valence-electron chi connectivity index (χ3n) is 9.69. The first-order chi connectivity index (χ1) is 21.2. The van der Waals surface area contributed by atoms with Gasteiger partial charge >= 0.3 is 6.18 Å². The van der Waals surface area contributed by atoms with Crippen LogP contribution in [0.3, 0.4) is 0 Å². The van der Waals surface area contributed by atoms with Gasteiger partial charge in [-0.3, -0.25) is 14.3 Å². The van der Waals surface area contributed by atoms with Crippen LogP contribution in [0.1, 0.15) is 85.0 Å². The van der Waals surface area contributed by atoms with Gasteiger partial charge in [0, 0.05) is 44.1 Å². The maximum atomic E-state index is 13.6. The number of ether oxygens (including phenoxy) is 1. The zero-order chi connectivity index (χ0) is 30.6. The summed E-state index contributed by atoms with van der Waals surface area (Å²) in [6.45, 7) is 3.05. The molecule has 44 heavy (non-hydrogen) atoms. The highest BCUT2D eigenvalue weighted by atomic mass is 19.4. The summed E-state index contributed by atoms with van der Waals surface area (Å²) in [6, 6.07) is 1.35. The fourth-order valence-electron chi connectivity index (χ4n) is 7.07. The molecule has 2 aliphatic heterocycles. The second-order valence-electron chi connectivity index (χ2n) is 12.8. The maximum absolute atomic E-state index is 13.6. The number of carbonyl (C=O) groups excluding carboxylic acids is 2. The third-order valence-corrected chi connectivity index (χ3v) is 9.69. The molecular formula is C30H37F3N8O3. The van der Waals surface area contributed by atoms with E-state index in [9.17, 15) is 22.8 Å². The molecule has 7 rings (SSSR count). The van der Waals surface area contributed by atoms with Gasteiger partial charge in [-0.25, -0.2) is 14.5 Å². The summed E-state index contributed by atoms with van der Waals surface area (Å²) < 4.78 is 49.5. The van der Waals surface area contributed by atoms with Crippen LogP contribution in [0.25, 0.3) is 5.78 Å². The summed E-state index contributed by atoms with van der Waals surface area (Å²) in [5.74, 6) is -1.60. The number of aromatic nitrogens is 6. The average molecular weight is 615 g/mol. The van der Waals surface area contributed by atoms with Crippen molar-refractivity contribution in [3.63, 3.8) is 0 Å². The number of halogens is 3. The molecule has 2 N–H and O–H groups in total. The van der Waals surface area contributed by atoms with E-state index in [0.29, 0.717) is 66.6 Å². The van der Waals surface area contributed by atoms with Crippen LogP contribution in [0.4, 0.5) is 13.2 Å². The van der Waals surface area contributed by atoms with Gasteiger partial charge in [0.05, 0.1) is 41.8 Å². The average Bonchev–Trinajstić information content (AvgIpc) is 3.84. The molecule has 2 aliphatic carbocycles. The van der Waals surface area contributed by atoms with Crippen molar-refractivity contribution in [3.8, 4) is 0 Å². The molecule has 5 heterocycles. The molecule has 0 unspecified atom stereocenters. The van der Waals surface area contributed by atoms with E-state index in [0.717, 1.165) is 25.7 Å². The Morgan fingerprint density at radius 1 is 1.18 bits per heavy atom. The minimum Gasteiger partial charge on any atom is -0.381 e. The third kappa shape index (κ3) is 5.80. The van der Waals surface area contributed by atoms with E-state index >= 15 is 0 Å². The monoisotopic (exact) mass is 614 g/mol. The lowest BCUT2D eigenvalue weighted by Crippen LogP contribution is -2.47. The second kappa shape index (κ2) is 11.4. The summed E-state index contributed by atoms with van der Waals surface area (Å²) in [5, 5.41) is 14.8. The van der Waals surface area contributed by atoms with E-state index in [2.05, 4.69) is 15.7 Å². The number of hydrogen-bond acceptors (Lipinski definition) is 7. The number of imidazole rings is 1. The van der Waals surface area contributed by atoms with Crippen LogP contribution in [-0.4, -0.2) is 67.1 Å². The van der Waals surface area contributed by atoms with Gasteiger partial charge in [-0.1, -0.05) is 0 Å². The zero-order valence-corrected chi connectivity index (χ0v) is 24.6. The highest BCUT2D eigenvalue weighted by Gasteiger charge is 2.48. The molecule has 11 nitrogen and oxygen atoms in total. The predicted octanol–water partition coefficient (Wildman–Crippen LogP) is 3.61. The van der Waals surface area contributed by atoms with E-state index in [1.807, 2.05) is 6.92 Å². The topological polar surface area (TPSA) is 128 Å².